The Morgan fingerprint density at radius 1 is 1.35 bits per heavy atom. The first-order valence-corrected chi connectivity index (χ1v) is 6.19. The lowest BCUT2D eigenvalue weighted by Gasteiger charge is -2.21. The Bertz CT molecular complexity index is 328. The summed E-state index contributed by atoms with van der Waals surface area (Å²) in [6.45, 7) is 8.29. The lowest BCUT2D eigenvalue weighted by atomic mass is 10.2. The quantitative estimate of drug-likeness (QED) is 0.706. The summed E-state index contributed by atoms with van der Waals surface area (Å²) < 4.78 is 10.6. The molecule has 0 aliphatic heterocycles. The highest BCUT2D eigenvalue weighted by molar-refractivity contribution is 6.20. The van der Waals surface area contributed by atoms with Crippen LogP contribution in [0.15, 0.2) is 4.42 Å². The summed E-state index contributed by atoms with van der Waals surface area (Å²) in [5, 5.41) is 7.67. The van der Waals surface area contributed by atoms with E-state index in [1.54, 1.807) is 14.0 Å². The molecule has 1 aromatic heterocycles. The molecule has 0 aromatic carbocycles. The SMILES string of the molecule is COCCN(CC(C)C)c1nnc(C(C)Cl)o1. The molecular weight excluding hydrogens is 242 g/mol. The molecule has 0 N–H and O–H groups in total. The van der Waals surface area contributed by atoms with Crippen molar-refractivity contribution in [3.05, 3.63) is 5.89 Å². The van der Waals surface area contributed by atoms with Gasteiger partial charge in [0.15, 0.2) is 0 Å². The molecule has 0 aliphatic rings. The fourth-order valence-electron chi connectivity index (χ4n) is 1.42. The topological polar surface area (TPSA) is 51.4 Å². The average molecular weight is 262 g/mol. The van der Waals surface area contributed by atoms with Crippen LogP contribution in [-0.2, 0) is 4.74 Å². The normalized spacial score (nSPS) is 13.1. The number of aromatic nitrogens is 2. The summed E-state index contributed by atoms with van der Waals surface area (Å²) in [5.74, 6) is 0.962. The number of alkyl halides is 1. The van der Waals surface area contributed by atoms with E-state index in [2.05, 4.69) is 24.0 Å². The molecule has 0 radical (unpaired) electrons. The molecule has 1 rings (SSSR count). The fraction of sp³-hybridized carbons (Fsp3) is 0.818. The van der Waals surface area contributed by atoms with Crippen LogP contribution < -0.4 is 4.90 Å². The van der Waals surface area contributed by atoms with Crippen LogP contribution in [0.3, 0.4) is 0 Å². The first-order chi connectivity index (χ1) is 8.04. The Morgan fingerprint density at radius 2 is 2.06 bits per heavy atom. The molecule has 0 saturated heterocycles. The predicted molar refractivity (Wildman–Crippen MR) is 67.5 cm³/mol. The first-order valence-electron chi connectivity index (χ1n) is 5.76. The van der Waals surface area contributed by atoms with E-state index in [-0.39, 0.29) is 5.38 Å². The molecule has 5 nitrogen and oxygen atoms in total. The molecule has 0 fully saturated rings. The third-order valence-corrected chi connectivity index (χ3v) is 2.38. The van der Waals surface area contributed by atoms with Crippen molar-refractivity contribution in [2.75, 3.05) is 31.7 Å². The number of ether oxygens (including phenoxy) is 1. The van der Waals surface area contributed by atoms with Gasteiger partial charge in [0, 0.05) is 20.2 Å². The Kier molecular flexibility index (Phi) is 5.71. The maximum atomic E-state index is 5.89. The number of rotatable bonds is 7. The molecule has 0 aliphatic carbocycles. The van der Waals surface area contributed by atoms with Crippen molar-refractivity contribution in [2.45, 2.75) is 26.1 Å². The van der Waals surface area contributed by atoms with Crippen molar-refractivity contribution < 1.29 is 9.15 Å². The van der Waals surface area contributed by atoms with Crippen molar-refractivity contribution in [2.24, 2.45) is 5.92 Å². The van der Waals surface area contributed by atoms with Gasteiger partial charge in [-0.2, -0.15) is 0 Å². The van der Waals surface area contributed by atoms with E-state index in [9.17, 15) is 0 Å². The summed E-state index contributed by atoms with van der Waals surface area (Å²) in [6, 6.07) is 0.512. The predicted octanol–water partition coefficient (Wildman–Crippen LogP) is 2.48. The van der Waals surface area contributed by atoms with Gasteiger partial charge < -0.3 is 14.1 Å². The van der Waals surface area contributed by atoms with E-state index < -0.39 is 0 Å². The van der Waals surface area contributed by atoms with Crippen LogP contribution >= 0.6 is 11.6 Å². The Morgan fingerprint density at radius 3 is 2.53 bits per heavy atom. The molecule has 98 valence electrons. The molecule has 1 aromatic rings. The standard InChI is InChI=1S/C11H20ClN3O2/c1-8(2)7-15(5-6-16-4)11-14-13-10(17-11)9(3)12/h8-9H,5-7H2,1-4H3. The molecule has 1 atom stereocenters. The van der Waals surface area contributed by atoms with Gasteiger partial charge in [-0.05, 0) is 12.8 Å². The molecular formula is C11H20ClN3O2. The van der Waals surface area contributed by atoms with Gasteiger partial charge in [-0.3, -0.25) is 0 Å². The summed E-state index contributed by atoms with van der Waals surface area (Å²) in [5.41, 5.74) is 0. The van der Waals surface area contributed by atoms with E-state index >= 15 is 0 Å². The molecule has 0 saturated carbocycles. The van der Waals surface area contributed by atoms with Gasteiger partial charge in [0.2, 0.25) is 5.89 Å². The largest absolute Gasteiger partial charge is 0.406 e. The summed E-state index contributed by atoms with van der Waals surface area (Å²) in [4.78, 5) is 2.02. The van der Waals surface area contributed by atoms with Crippen LogP contribution in [0.4, 0.5) is 6.01 Å². The van der Waals surface area contributed by atoms with Gasteiger partial charge >= 0.3 is 6.01 Å². The van der Waals surface area contributed by atoms with Crippen molar-refractivity contribution in [3.63, 3.8) is 0 Å². The Balaban J connectivity index is 2.72. The highest BCUT2D eigenvalue weighted by Gasteiger charge is 2.17. The number of anilines is 1. The van der Waals surface area contributed by atoms with Gasteiger partial charge in [-0.15, -0.1) is 16.7 Å². The molecule has 6 heteroatoms. The highest BCUT2D eigenvalue weighted by Crippen LogP contribution is 2.21. The molecule has 17 heavy (non-hydrogen) atoms. The van der Waals surface area contributed by atoms with Crippen LogP contribution in [0.5, 0.6) is 0 Å². The van der Waals surface area contributed by atoms with Gasteiger partial charge in [-0.1, -0.05) is 18.9 Å². The zero-order valence-corrected chi connectivity index (χ0v) is 11.6. The van der Waals surface area contributed by atoms with E-state index in [1.165, 1.54) is 0 Å². The van der Waals surface area contributed by atoms with E-state index in [0.717, 1.165) is 13.1 Å². The van der Waals surface area contributed by atoms with Crippen molar-refractivity contribution in [1.82, 2.24) is 10.2 Å². The number of nitrogens with zero attached hydrogens (tertiary/aromatic N) is 3. The highest BCUT2D eigenvalue weighted by atomic mass is 35.5. The van der Waals surface area contributed by atoms with Crippen molar-refractivity contribution in [1.29, 1.82) is 0 Å². The second-order valence-electron chi connectivity index (χ2n) is 4.37. The minimum absolute atomic E-state index is 0.264. The van der Waals surface area contributed by atoms with Crippen molar-refractivity contribution >= 4 is 17.6 Å². The first kappa shape index (κ1) is 14.3. The maximum Gasteiger partial charge on any atom is 0.318 e. The lowest BCUT2D eigenvalue weighted by molar-refractivity contribution is 0.203. The van der Waals surface area contributed by atoms with Crippen LogP contribution in [0.2, 0.25) is 0 Å². The molecule has 0 amide bonds. The van der Waals surface area contributed by atoms with Crippen LogP contribution in [0.1, 0.15) is 32.0 Å². The molecule has 0 bridgehead atoms. The van der Waals surface area contributed by atoms with Crippen LogP contribution in [0, 0.1) is 5.92 Å². The molecule has 1 unspecified atom stereocenters. The van der Waals surface area contributed by atoms with Gasteiger partial charge in [0.05, 0.1) is 6.61 Å². The minimum atomic E-state index is -0.264. The maximum absolute atomic E-state index is 5.89. The smallest absolute Gasteiger partial charge is 0.318 e. The second kappa shape index (κ2) is 6.81. The van der Waals surface area contributed by atoms with Gasteiger partial charge in [0.25, 0.3) is 0 Å². The van der Waals surface area contributed by atoms with E-state index in [4.69, 9.17) is 20.8 Å². The van der Waals surface area contributed by atoms with E-state index in [0.29, 0.717) is 24.4 Å². The van der Waals surface area contributed by atoms with Gasteiger partial charge in [0.1, 0.15) is 5.38 Å². The lowest BCUT2D eigenvalue weighted by Crippen LogP contribution is -2.31. The van der Waals surface area contributed by atoms with Gasteiger partial charge in [-0.25, -0.2) is 0 Å². The van der Waals surface area contributed by atoms with Crippen LogP contribution in [-0.4, -0.2) is 37.0 Å². The summed E-state index contributed by atoms with van der Waals surface area (Å²) in [7, 11) is 1.67. The summed E-state index contributed by atoms with van der Waals surface area (Å²) >= 11 is 5.89. The zero-order chi connectivity index (χ0) is 12.8. The van der Waals surface area contributed by atoms with Crippen molar-refractivity contribution in [3.8, 4) is 0 Å². The molecule has 0 spiro atoms. The third-order valence-electron chi connectivity index (χ3n) is 2.19. The van der Waals surface area contributed by atoms with Crippen LogP contribution in [0.25, 0.3) is 0 Å². The third kappa shape index (κ3) is 4.52. The second-order valence-corrected chi connectivity index (χ2v) is 5.03. The number of halogens is 1. The Labute approximate surface area is 107 Å². The number of hydrogen-bond donors (Lipinski definition) is 0. The minimum Gasteiger partial charge on any atom is -0.406 e. The zero-order valence-electron chi connectivity index (χ0n) is 10.8. The fourth-order valence-corrected chi connectivity index (χ4v) is 1.51. The Hall–Kier alpha value is -0.810. The number of methoxy groups -OCH3 is 1. The number of hydrogen-bond acceptors (Lipinski definition) is 5. The van der Waals surface area contributed by atoms with E-state index in [1.807, 2.05) is 4.90 Å². The summed E-state index contributed by atoms with van der Waals surface area (Å²) in [6.07, 6.45) is 0. The monoisotopic (exact) mass is 261 g/mol. The molecule has 1 heterocycles. The average Bonchev–Trinajstić information content (AvgIpc) is 2.72.